The first-order valence-electron chi connectivity index (χ1n) is 14.5. The molecular formula is C32H33FN4O5. The van der Waals surface area contributed by atoms with Gasteiger partial charge in [0.05, 0.1) is 36.0 Å². The van der Waals surface area contributed by atoms with E-state index in [1.54, 1.807) is 22.9 Å². The molecule has 10 heteroatoms. The van der Waals surface area contributed by atoms with Crippen molar-refractivity contribution in [2.24, 2.45) is 0 Å². The molecule has 3 saturated heterocycles. The highest BCUT2D eigenvalue weighted by molar-refractivity contribution is 6.02. The monoisotopic (exact) mass is 572 g/mol. The van der Waals surface area contributed by atoms with Crippen molar-refractivity contribution in [3.8, 4) is 33.9 Å². The van der Waals surface area contributed by atoms with Gasteiger partial charge in [0.25, 0.3) is 0 Å². The quantitative estimate of drug-likeness (QED) is 0.324. The third kappa shape index (κ3) is 4.69. The number of aromatic hydroxyl groups is 2. The molecule has 3 fully saturated rings. The number of aromatic nitrogens is 2. The van der Waals surface area contributed by atoms with Crippen LogP contribution in [-0.4, -0.2) is 83.2 Å². The standard InChI is InChI=1S/C32H33FN4O5/c33-25-4-3-5-28(39)31(25)23-16-24-27(14-21(23)18-38)37(30-6-1-2-12-42-30)34-32(24)20-7-8-26(29(40)15-20)36-10-9-35-11-13-41-19-22(35)17-36/h3-5,7-8,14-16,18,22,30,39-40H,1-2,6,9-13,17,19H2/t22-,30?/m1/s1. The summed E-state index contributed by atoms with van der Waals surface area (Å²) >= 11 is 0. The van der Waals surface area contributed by atoms with Crippen molar-refractivity contribution in [2.75, 3.05) is 50.9 Å². The summed E-state index contributed by atoms with van der Waals surface area (Å²) in [6.07, 6.45) is 3.07. The first kappa shape index (κ1) is 26.9. The molecule has 9 nitrogen and oxygen atoms in total. The molecule has 4 heterocycles. The van der Waals surface area contributed by atoms with Crippen LogP contribution in [0.2, 0.25) is 0 Å². The highest BCUT2D eigenvalue weighted by atomic mass is 19.1. The predicted octanol–water partition coefficient (Wildman–Crippen LogP) is 4.95. The van der Waals surface area contributed by atoms with E-state index in [1.807, 2.05) is 12.1 Å². The average molecular weight is 573 g/mol. The molecule has 0 amide bonds. The van der Waals surface area contributed by atoms with Gasteiger partial charge in [-0.25, -0.2) is 9.07 Å². The number of benzene rings is 3. The topological polar surface area (TPSA) is 100 Å². The second-order valence-corrected chi connectivity index (χ2v) is 11.2. The van der Waals surface area contributed by atoms with Gasteiger partial charge < -0.3 is 24.6 Å². The summed E-state index contributed by atoms with van der Waals surface area (Å²) in [5.74, 6) is -0.745. The molecule has 218 valence electrons. The molecule has 0 radical (unpaired) electrons. The molecule has 7 rings (SSSR count). The molecule has 3 aliphatic heterocycles. The highest BCUT2D eigenvalue weighted by Gasteiger charge is 2.31. The molecule has 0 spiro atoms. The van der Waals surface area contributed by atoms with Gasteiger partial charge in [-0.2, -0.15) is 5.10 Å². The van der Waals surface area contributed by atoms with Gasteiger partial charge in [0.15, 0.2) is 12.5 Å². The molecule has 42 heavy (non-hydrogen) atoms. The lowest BCUT2D eigenvalue weighted by atomic mass is 9.95. The molecule has 1 aromatic heterocycles. The van der Waals surface area contributed by atoms with Crippen molar-refractivity contribution in [3.63, 3.8) is 0 Å². The number of phenolic OH excluding ortho intramolecular Hbond substituents is 2. The Kier molecular flexibility index (Phi) is 7.05. The Bertz CT molecular complexity index is 1630. The van der Waals surface area contributed by atoms with E-state index < -0.39 is 5.82 Å². The number of aldehydes is 1. The number of fused-ring (bicyclic) bond motifs is 2. The predicted molar refractivity (Wildman–Crippen MR) is 157 cm³/mol. The minimum Gasteiger partial charge on any atom is -0.507 e. The first-order chi connectivity index (χ1) is 20.5. The van der Waals surface area contributed by atoms with Crippen LogP contribution in [0, 0.1) is 5.82 Å². The summed E-state index contributed by atoms with van der Waals surface area (Å²) in [6, 6.07) is 13.3. The second kappa shape index (κ2) is 11.0. The van der Waals surface area contributed by atoms with Crippen LogP contribution in [0.4, 0.5) is 10.1 Å². The van der Waals surface area contributed by atoms with Crippen molar-refractivity contribution >= 4 is 22.9 Å². The minimum atomic E-state index is -0.632. The van der Waals surface area contributed by atoms with E-state index in [-0.39, 0.29) is 34.4 Å². The lowest BCUT2D eigenvalue weighted by Gasteiger charge is -2.44. The molecule has 3 aliphatic rings. The molecule has 2 atom stereocenters. The molecule has 2 N–H and O–H groups in total. The number of piperazine rings is 1. The van der Waals surface area contributed by atoms with Crippen molar-refractivity contribution in [1.82, 2.24) is 14.7 Å². The summed E-state index contributed by atoms with van der Waals surface area (Å²) in [4.78, 5) is 16.9. The number of hydrogen-bond donors (Lipinski definition) is 2. The fourth-order valence-electron chi connectivity index (χ4n) is 6.55. The van der Waals surface area contributed by atoms with Crippen LogP contribution < -0.4 is 4.90 Å². The van der Waals surface area contributed by atoms with E-state index in [2.05, 4.69) is 9.80 Å². The maximum atomic E-state index is 15.0. The molecule has 4 aromatic rings. The summed E-state index contributed by atoms with van der Waals surface area (Å²) in [5, 5.41) is 27.4. The van der Waals surface area contributed by atoms with Crippen molar-refractivity contribution in [1.29, 1.82) is 0 Å². The van der Waals surface area contributed by atoms with Gasteiger partial charge in [0.1, 0.15) is 23.0 Å². The number of anilines is 1. The maximum absolute atomic E-state index is 15.0. The smallest absolute Gasteiger partial charge is 0.150 e. The summed E-state index contributed by atoms with van der Waals surface area (Å²) in [5.41, 5.74) is 3.12. The largest absolute Gasteiger partial charge is 0.507 e. The molecule has 0 aliphatic carbocycles. The Morgan fingerprint density at radius 3 is 2.69 bits per heavy atom. The summed E-state index contributed by atoms with van der Waals surface area (Å²) in [6.45, 7) is 5.48. The fraction of sp³-hybridized carbons (Fsp3) is 0.375. The Morgan fingerprint density at radius 2 is 1.90 bits per heavy atom. The van der Waals surface area contributed by atoms with E-state index in [0.29, 0.717) is 47.7 Å². The number of morpholine rings is 1. The van der Waals surface area contributed by atoms with Crippen molar-refractivity contribution < 1.29 is 28.9 Å². The SMILES string of the molecule is O=Cc1cc2c(cc1-c1c(O)cccc1F)c(-c1ccc(N3CCN4CCOC[C@H]4C3)c(O)c1)nn2C1CCCCO1. The van der Waals surface area contributed by atoms with Crippen LogP contribution in [0.15, 0.2) is 48.5 Å². The van der Waals surface area contributed by atoms with E-state index >= 15 is 0 Å². The van der Waals surface area contributed by atoms with Crippen LogP contribution in [-0.2, 0) is 9.47 Å². The van der Waals surface area contributed by atoms with Gasteiger partial charge in [-0.15, -0.1) is 0 Å². The van der Waals surface area contributed by atoms with Gasteiger partial charge in [0, 0.05) is 49.3 Å². The third-order valence-corrected chi connectivity index (χ3v) is 8.72. The Balaban J connectivity index is 1.34. The number of nitrogens with zero attached hydrogens (tertiary/aromatic N) is 4. The van der Waals surface area contributed by atoms with Gasteiger partial charge in [-0.1, -0.05) is 12.1 Å². The molecule has 1 unspecified atom stereocenters. The lowest BCUT2D eigenvalue weighted by Crippen LogP contribution is -2.58. The summed E-state index contributed by atoms with van der Waals surface area (Å²) < 4.78 is 28.5. The van der Waals surface area contributed by atoms with Crippen LogP contribution in [0.1, 0.15) is 35.8 Å². The Morgan fingerprint density at radius 1 is 1.00 bits per heavy atom. The van der Waals surface area contributed by atoms with E-state index in [0.717, 1.165) is 57.7 Å². The average Bonchev–Trinajstić information content (AvgIpc) is 3.39. The zero-order valence-electron chi connectivity index (χ0n) is 23.2. The second-order valence-electron chi connectivity index (χ2n) is 11.2. The lowest BCUT2D eigenvalue weighted by molar-refractivity contribution is -0.0365. The number of rotatable bonds is 5. The van der Waals surface area contributed by atoms with E-state index in [4.69, 9.17) is 14.6 Å². The Labute approximate surface area is 242 Å². The minimum absolute atomic E-state index is 0.0434. The van der Waals surface area contributed by atoms with E-state index in [9.17, 15) is 19.4 Å². The molecule has 3 aromatic carbocycles. The number of phenols is 2. The zero-order valence-corrected chi connectivity index (χ0v) is 23.2. The van der Waals surface area contributed by atoms with Gasteiger partial charge in [0.2, 0.25) is 0 Å². The van der Waals surface area contributed by atoms with Crippen molar-refractivity contribution in [3.05, 3.63) is 59.9 Å². The Hall–Kier alpha value is -3.99. The summed E-state index contributed by atoms with van der Waals surface area (Å²) in [7, 11) is 0. The number of carbonyl (C=O) groups is 1. The van der Waals surface area contributed by atoms with Crippen LogP contribution in [0.25, 0.3) is 33.3 Å². The number of ether oxygens (including phenoxy) is 2. The number of carbonyl (C=O) groups excluding carboxylic acids is 1. The van der Waals surface area contributed by atoms with Gasteiger partial charge in [-0.3, -0.25) is 9.69 Å². The highest BCUT2D eigenvalue weighted by Crippen LogP contribution is 2.41. The van der Waals surface area contributed by atoms with E-state index in [1.165, 1.54) is 18.2 Å². The molecule has 0 saturated carbocycles. The van der Waals surface area contributed by atoms with Crippen molar-refractivity contribution in [2.45, 2.75) is 31.5 Å². The molecular weight excluding hydrogens is 539 g/mol. The van der Waals surface area contributed by atoms with Crippen LogP contribution in [0.3, 0.4) is 0 Å². The molecule has 0 bridgehead atoms. The van der Waals surface area contributed by atoms with Crippen LogP contribution in [0.5, 0.6) is 11.5 Å². The third-order valence-electron chi connectivity index (χ3n) is 8.72. The maximum Gasteiger partial charge on any atom is 0.150 e. The van der Waals surface area contributed by atoms with Crippen LogP contribution >= 0.6 is 0 Å². The number of hydrogen-bond acceptors (Lipinski definition) is 8. The first-order valence-corrected chi connectivity index (χ1v) is 14.5. The van der Waals surface area contributed by atoms with Gasteiger partial charge >= 0.3 is 0 Å². The number of halogens is 1. The zero-order chi connectivity index (χ0) is 28.8. The fourth-order valence-corrected chi connectivity index (χ4v) is 6.55. The normalized spacial score (nSPS) is 21.4. The van der Waals surface area contributed by atoms with Gasteiger partial charge in [-0.05, 0) is 61.2 Å².